The van der Waals surface area contributed by atoms with E-state index in [0.29, 0.717) is 37.4 Å². The number of halogens is 1. The van der Waals surface area contributed by atoms with E-state index < -0.39 is 0 Å². The number of piperidine rings is 1. The van der Waals surface area contributed by atoms with Gasteiger partial charge in [-0.3, -0.25) is 9.78 Å². The average molecular weight is 386 g/mol. The van der Waals surface area contributed by atoms with Crippen LogP contribution in [0.15, 0.2) is 30.7 Å². The van der Waals surface area contributed by atoms with E-state index in [1.807, 2.05) is 0 Å². The van der Waals surface area contributed by atoms with E-state index in [-0.39, 0.29) is 24.4 Å². The van der Waals surface area contributed by atoms with Gasteiger partial charge in [0.2, 0.25) is 5.91 Å². The van der Waals surface area contributed by atoms with Crippen LogP contribution in [0.4, 0.5) is 10.2 Å². The largest absolute Gasteiger partial charge is 0.467 e. The molecule has 3 heterocycles. The molecule has 148 valence electrons. The first kappa shape index (κ1) is 18.6. The molecule has 1 fully saturated rings. The summed E-state index contributed by atoms with van der Waals surface area (Å²) in [4.78, 5) is 23.1. The lowest BCUT2D eigenvalue weighted by Crippen LogP contribution is -2.43. The van der Waals surface area contributed by atoms with E-state index in [1.165, 1.54) is 12.1 Å². The topological polar surface area (TPSA) is 76.6 Å². The Labute approximate surface area is 162 Å². The molecule has 2 aromatic rings. The Balaban J connectivity index is 1.33. The van der Waals surface area contributed by atoms with Gasteiger partial charge in [-0.2, -0.15) is 0 Å². The predicted molar refractivity (Wildman–Crippen MR) is 100 cm³/mol. The van der Waals surface area contributed by atoms with Crippen LogP contribution in [0.25, 0.3) is 0 Å². The van der Waals surface area contributed by atoms with Gasteiger partial charge in [-0.05, 0) is 37.0 Å². The molecule has 1 aromatic carbocycles. The lowest BCUT2D eigenvalue weighted by atomic mass is 9.97. The molecule has 8 heteroatoms. The third-order valence-corrected chi connectivity index (χ3v) is 5.11. The van der Waals surface area contributed by atoms with Gasteiger partial charge in [-0.1, -0.05) is 0 Å². The fraction of sp³-hybridized carbons (Fsp3) is 0.450. The van der Waals surface area contributed by atoms with E-state index in [2.05, 4.69) is 20.2 Å². The van der Waals surface area contributed by atoms with Crippen LogP contribution in [0.2, 0.25) is 0 Å². The summed E-state index contributed by atoms with van der Waals surface area (Å²) in [6.45, 7) is 2.43. The first-order valence-corrected chi connectivity index (χ1v) is 9.51. The predicted octanol–water partition coefficient (Wildman–Crippen LogP) is 2.06. The lowest BCUT2D eigenvalue weighted by molar-refractivity contribution is -0.125. The zero-order valence-corrected chi connectivity index (χ0v) is 15.6. The number of carbonyl (C=O) groups is 1. The second kappa shape index (κ2) is 8.52. The summed E-state index contributed by atoms with van der Waals surface area (Å²) in [5.74, 6) is 1.07. The second-order valence-corrected chi connectivity index (χ2v) is 7.05. The highest BCUT2D eigenvalue weighted by Gasteiger charge is 2.26. The van der Waals surface area contributed by atoms with Gasteiger partial charge < -0.3 is 19.7 Å². The molecular formula is C20H23FN4O3. The van der Waals surface area contributed by atoms with Crippen LogP contribution in [0.1, 0.15) is 24.0 Å². The Kier molecular flexibility index (Phi) is 5.66. The van der Waals surface area contributed by atoms with Crippen molar-refractivity contribution in [2.24, 2.45) is 5.92 Å². The smallest absolute Gasteiger partial charge is 0.224 e. The van der Waals surface area contributed by atoms with Gasteiger partial charge in [0.25, 0.3) is 0 Å². The number of carbonyl (C=O) groups excluding carboxylic acids is 1. The van der Waals surface area contributed by atoms with Crippen molar-refractivity contribution < 1.29 is 18.7 Å². The number of anilines is 1. The molecular weight excluding hydrogens is 363 g/mol. The summed E-state index contributed by atoms with van der Waals surface area (Å²) in [6.07, 6.45) is 7.30. The fourth-order valence-electron chi connectivity index (χ4n) is 3.76. The molecule has 1 aromatic heterocycles. The third kappa shape index (κ3) is 4.22. The van der Waals surface area contributed by atoms with Crippen molar-refractivity contribution in [3.63, 3.8) is 0 Å². The van der Waals surface area contributed by atoms with Crippen LogP contribution >= 0.6 is 0 Å². The molecule has 1 amide bonds. The van der Waals surface area contributed by atoms with Crippen LogP contribution in [0, 0.1) is 11.7 Å². The molecule has 0 aliphatic carbocycles. The van der Waals surface area contributed by atoms with Gasteiger partial charge in [0.15, 0.2) is 6.79 Å². The summed E-state index contributed by atoms with van der Waals surface area (Å²) in [5, 5.41) is 2.99. The van der Waals surface area contributed by atoms with Gasteiger partial charge in [-0.15, -0.1) is 0 Å². The van der Waals surface area contributed by atoms with Crippen molar-refractivity contribution in [1.29, 1.82) is 0 Å². The Hall–Kier alpha value is -2.74. The van der Waals surface area contributed by atoms with Gasteiger partial charge in [-0.25, -0.2) is 9.37 Å². The van der Waals surface area contributed by atoms with E-state index in [4.69, 9.17) is 9.47 Å². The highest BCUT2D eigenvalue weighted by Crippen LogP contribution is 2.29. The summed E-state index contributed by atoms with van der Waals surface area (Å²) in [7, 11) is 0. The maximum Gasteiger partial charge on any atom is 0.224 e. The third-order valence-electron chi connectivity index (χ3n) is 5.11. The van der Waals surface area contributed by atoms with Crippen LogP contribution in [-0.4, -0.2) is 42.3 Å². The number of ether oxygens (including phenoxy) is 2. The first-order chi connectivity index (χ1) is 13.7. The maximum atomic E-state index is 13.8. The minimum atomic E-state index is -0.318. The number of rotatable bonds is 5. The Morgan fingerprint density at radius 1 is 1.36 bits per heavy atom. The van der Waals surface area contributed by atoms with Crippen molar-refractivity contribution in [3.8, 4) is 5.75 Å². The Morgan fingerprint density at radius 3 is 3.14 bits per heavy atom. The van der Waals surface area contributed by atoms with Crippen molar-refractivity contribution >= 4 is 11.7 Å². The normalized spacial score (nSPS) is 18.9. The number of nitrogens with zero attached hydrogens (tertiary/aromatic N) is 3. The SMILES string of the molecule is O=C(NCCc1cc(F)cc2c1OCOC2)C1CCCN(c2cnccn2)C1. The number of aromatic nitrogens is 2. The minimum Gasteiger partial charge on any atom is -0.467 e. The molecule has 2 aliphatic rings. The van der Waals surface area contributed by atoms with Gasteiger partial charge in [0.1, 0.15) is 17.4 Å². The van der Waals surface area contributed by atoms with E-state index in [0.717, 1.165) is 30.8 Å². The average Bonchev–Trinajstić information content (AvgIpc) is 2.74. The molecule has 0 spiro atoms. The molecule has 0 saturated carbocycles. The summed E-state index contributed by atoms with van der Waals surface area (Å²) < 4.78 is 24.5. The lowest BCUT2D eigenvalue weighted by Gasteiger charge is -2.32. The van der Waals surface area contributed by atoms with Crippen molar-refractivity contribution in [2.75, 3.05) is 31.3 Å². The monoisotopic (exact) mass is 386 g/mol. The van der Waals surface area contributed by atoms with Crippen LogP contribution in [-0.2, 0) is 22.6 Å². The van der Waals surface area contributed by atoms with Gasteiger partial charge in [0.05, 0.1) is 18.7 Å². The Bertz CT molecular complexity index is 834. The van der Waals surface area contributed by atoms with Crippen molar-refractivity contribution in [2.45, 2.75) is 25.9 Å². The zero-order chi connectivity index (χ0) is 19.3. The molecule has 0 radical (unpaired) electrons. The van der Waals surface area contributed by atoms with Crippen LogP contribution < -0.4 is 15.0 Å². The van der Waals surface area contributed by atoms with Gasteiger partial charge >= 0.3 is 0 Å². The Morgan fingerprint density at radius 2 is 2.29 bits per heavy atom. The van der Waals surface area contributed by atoms with Crippen molar-refractivity contribution in [3.05, 3.63) is 47.7 Å². The number of nitrogens with one attached hydrogen (secondary N) is 1. The first-order valence-electron chi connectivity index (χ1n) is 9.51. The number of hydrogen-bond donors (Lipinski definition) is 1. The zero-order valence-electron chi connectivity index (χ0n) is 15.6. The molecule has 0 bridgehead atoms. The maximum absolute atomic E-state index is 13.8. The summed E-state index contributed by atoms with van der Waals surface area (Å²) in [6, 6.07) is 2.90. The van der Waals surface area contributed by atoms with E-state index in [1.54, 1.807) is 18.6 Å². The number of hydrogen-bond acceptors (Lipinski definition) is 6. The molecule has 1 saturated heterocycles. The standard InChI is InChI=1S/C20H23FN4O3/c21-17-8-14(19-16(9-17)12-27-13-28-19)3-4-24-20(26)15-2-1-7-25(11-15)18-10-22-5-6-23-18/h5-6,8-10,15H,1-4,7,11-13H2,(H,24,26). The molecule has 1 unspecified atom stereocenters. The van der Waals surface area contributed by atoms with E-state index >= 15 is 0 Å². The molecule has 4 rings (SSSR count). The van der Waals surface area contributed by atoms with E-state index in [9.17, 15) is 9.18 Å². The van der Waals surface area contributed by atoms with Gasteiger partial charge in [0, 0.05) is 37.6 Å². The highest BCUT2D eigenvalue weighted by molar-refractivity contribution is 5.79. The summed E-state index contributed by atoms with van der Waals surface area (Å²) >= 11 is 0. The van der Waals surface area contributed by atoms with Crippen molar-refractivity contribution in [1.82, 2.24) is 15.3 Å². The number of amides is 1. The van der Waals surface area contributed by atoms with Crippen LogP contribution in [0.3, 0.4) is 0 Å². The second-order valence-electron chi connectivity index (χ2n) is 7.05. The van der Waals surface area contributed by atoms with Crippen LogP contribution in [0.5, 0.6) is 5.75 Å². The fourth-order valence-corrected chi connectivity index (χ4v) is 3.76. The number of benzene rings is 1. The number of fused-ring (bicyclic) bond motifs is 1. The highest BCUT2D eigenvalue weighted by atomic mass is 19.1. The molecule has 28 heavy (non-hydrogen) atoms. The minimum absolute atomic E-state index is 0.0168. The molecule has 7 nitrogen and oxygen atoms in total. The molecule has 1 N–H and O–H groups in total. The molecule has 1 atom stereocenters. The quantitative estimate of drug-likeness (QED) is 0.848. The molecule has 2 aliphatic heterocycles. The summed E-state index contributed by atoms with van der Waals surface area (Å²) in [5.41, 5.74) is 1.46.